The highest BCUT2D eigenvalue weighted by atomic mass is 79.9. The highest BCUT2D eigenvalue weighted by Gasteiger charge is 2.35. The third-order valence-electron chi connectivity index (χ3n) is 5.65. The summed E-state index contributed by atoms with van der Waals surface area (Å²) in [6.07, 6.45) is 2.83. The Hall–Kier alpha value is -2.34. The molecule has 0 fully saturated rings. The average Bonchev–Trinajstić information content (AvgIpc) is 2.67. The molecule has 1 heterocycles. The van der Waals surface area contributed by atoms with Gasteiger partial charge in [0.1, 0.15) is 5.75 Å². The zero-order valence-corrected chi connectivity index (χ0v) is 19.9. The molecule has 2 aromatic carbocycles. The van der Waals surface area contributed by atoms with Gasteiger partial charge in [-0.05, 0) is 87.1 Å². The molecule has 160 valence electrons. The molecule has 1 aliphatic rings. The number of rotatable bonds is 6. The monoisotopic (exact) mass is 471 g/mol. The normalized spacial score (nSPS) is 17.7. The number of fused-ring (bicyclic) bond motifs is 1. The van der Waals surface area contributed by atoms with Crippen LogP contribution in [0.15, 0.2) is 46.0 Å². The lowest BCUT2D eigenvalue weighted by atomic mass is 9.79. The first kappa shape index (κ1) is 22.3. The number of hydrogen-bond donors (Lipinski definition) is 1. The van der Waals surface area contributed by atoms with Crippen LogP contribution in [-0.4, -0.2) is 30.8 Å². The van der Waals surface area contributed by atoms with Gasteiger partial charge in [0.2, 0.25) is 0 Å². The Morgan fingerprint density at radius 1 is 1.37 bits per heavy atom. The molecule has 6 heteroatoms. The quantitative estimate of drug-likeness (QED) is 0.453. The van der Waals surface area contributed by atoms with Gasteiger partial charge in [0.15, 0.2) is 6.61 Å². The van der Waals surface area contributed by atoms with Crippen LogP contribution >= 0.6 is 15.9 Å². The molecule has 0 bridgehead atoms. The number of amides is 1. The van der Waals surface area contributed by atoms with E-state index in [1.54, 1.807) is 12.3 Å². The van der Waals surface area contributed by atoms with Crippen molar-refractivity contribution in [3.8, 4) is 5.75 Å². The summed E-state index contributed by atoms with van der Waals surface area (Å²) in [7, 11) is 0. The zero-order valence-electron chi connectivity index (χ0n) is 18.3. The molecule has 5 nitrogen and oxygen atoms in total. The summed E-state index contributed by atoms with van der Waals surface area (Å²) in [5, 5.41) is 4.15. The van der Waals surface area contributed by atoms with E-state index in [1.165, 1.54) is 11.3 Å². The van der Waals surface area contributed by atoms with Gasteiger partial charge in [-0.15, -0.1) is 0 Å². The van der Waals surface area contributed by atoms with Crippen molar-refractivity contribution in [3.05, 3.63) is 57.6 Å². The van der Waals surface area contributed by atoms with Gasteiger partial charge >= 0.3 is 0 Å². The number of nitrogens with one attached hydrogen (secondary N) is 1. The maximum absolute atomic E-state index is 12.0. The smallest absolute Gasteiger partial charge is 0.277 e. The molecule has 1 atom stereocenters. The van der Waals surface area contributed by atoms with Crippen LogP contribution in [0.4, 0.5) is 5.69 Å². The standard InChI is InChI=1S/C24H30BrN3O2/c1-6-28-22-10-16(2)18(11-21(22)17(3)13-24(28,4)5)14-26-27-23(29)15-30-20-9-7-8-19(25)12-20/h7-12,14,17H,6,13,15H2,1-5H3,(H,27,29)/b26-14-. The van der Waals surface area contributed by atoms with Crippen molar-refractivity contribution < 1.29 is 9.53 Å². The number of anilines is 1. The minimum atomic E-state index is -0.297. The molecule has 1 amide bonds. The van der Waals surface area contributed by atoms with Crippen LogP contribution in [0.2, 0.25) is 0 Å². The maximum Gasteiger partial charge on any atom is 0.277 e. The number of nitrogens with zero attached hydrogens (tertiary/aromatic N) is 2. The van der Waals surface area contributed by atoms with Gasteiger partial charge in [-0.1, -0.05) is 28.9 Å². The van der Waals surface area contributed by atoms with E-state index in [-0.39, 0.29) is 18.1 Å². The summed E-state index contributed by atoms with van der Waals surface area (Å²) in [5.41, 5.74) is 7.50. The highest BCUT2D eigenvalue weighted by Crippen LogP contribution is 2.43. The van der Waals surface area contributed by atoms with Crippen LogP contribution < -0.4 is 15.1 Å². The minimum absolute atomic E-state index is 0.0887. The lowest BCUT2D eigenvalue weighted by molar-refractivity contribution is -0.123. The zero-order chi connectivity index (χ0) is 21.9. The predicted molar refractivity (Wildman–Crippen MR) is 127 cm³/mol. The van der Waals surface area contributed by atoms with E-state index >= 15 is 0 Å². The Balaban J connectivity index is 1.67. The van der Waals surface area contributed by atoms with E-state index in [2.05, 4.69) is 78.1 Å². The Labute approximate surface area is 187 Å². The molecule has 0 aromatic heterocycles. The number of hydrogen-bond acceptors (Lipinski definition) is 4. The second-order valence-electron chi connectivity index (χ2n) is 8.47. The van der Waals surface area contributed by atoms with Gasteiger partial charge < -0.3 is 9.64 Å². The van der Waals surface area contributed by atoms with E-state index in [0.717, 1.165) is 28.6 Å². The van der Waals surface area contributed by atoms with Crippen LogP contribution in [0, 0.1) is 6.92 Å². The van der Waals surface area contributed by atoms with E-state index in [9.17, 15) is 4.79 Å². The van der Waals surface area contributed by atoms with Gasteiger partial charge in [-0.25, -0.2) is 5.43 Å². The van der Waals surface area contributed by atoms with Gasteiger partial charge in [0.05, 0.1) is 6.21 Å². The Kier molecular flexibility index (Phi) is 6.86. The van der Waals surface area contributed by atoms with Crippen molar-refractivity contribution in [1.29, 1.82) is 0 Å². The molecular weight excluding hydrogens is 442 g/mol. The van der Waals surface area contributed by atoms with Crippen LogP contribution in [0.25, 0.3) is 0 Å². The Morgan fingerprint density at radius 2 is 2.13 bits per heavy atom. The summed E-state index contributed by atoms with van der Waals surface area (Å²) in [4.78, 5) is 14.5. The fraction of sp³-hybridized carbons (Fsp3) is 0.417. The summed E-state index contributed by atoms with van der Waals surface area (Å²) >= 11 is 3.38. The summed E-state index contributed by atoms with van der Waals surface area (Å²) in [6.45, 7) is 12.1. The number of benzene rings is 2. The SMILES string of the molecule is CCN1c2cc(C)c(/C=N\NC(=O)COc3cccc(Br)c3)cc2C(C)CC1(C)C. The molecule has 2 aromatic rings. The molecule has 0 aliphatic carbocycles. The number of ether oxygens (including phenoxy) is 1. The molecule has 0 radical (unpaired) electrons. The molecule has 0 saturated heterocycles. The molecule has 1 unspecified atom stereocenters. The van der Waals surface area contributed by atoms with Crippen molar-refractivity contribution in [2.75, 3.05) is 18.1 Å². The second-order valence-corrected chi connectivity index (χ2v) is 9.38. The van der Waals surface area contributed by atoms with E-state index in [4.69, 9.17) is 4.74 Å². The second kappa shape index (κ2) is 9.21. The molecule has 30 heavy (non-hydrogen) atoms. The lowest BCUT2D eigenvalue weighted by Crippen LogP contribution is -2.48. The van der Waals surface area contributed by atoms with E-state index in [0.29, 0.717) is 11.7 Å². The third-order valence-corrected chi connectivity index (χ3v) is 6.14. The number of halogens is 1. The maximum atomic E-state index is 12.0. The van der Waals surface area contributed by atoms with E-state index < -0.39 is 0 Å². The third kappa shape index (κ3) is 5.04. The van der Waals surface area contributed by atoms with Gasteiger partial charge in [0.25, 0.3) is 5.91 Å². The van der Waals surface area contributed by atoms with Gasteiger partial charge in [-0.3, -0.25) is 4.79 Å². The predicted octanol–water partition coefficient (Wildman–Crippen LogP) is 5.40. The fourth-order valence-electron chi connectivity index (χ4n) is 4.30. The summed E-state index contributed by atoms with van der Waals surface area (Å²) in [6, 6.07) is 11.8. The first-order valence-electron chi connectivity index (χ1n) is 10.3. The lowest BCUT2D eigenvalue weighted by Gasteiger charge is -2.47. The topological polar surface area (TPSA) is 53.9 Å². The number of carbonyl (C=O) groups is 1. The largest absolute Gasteiger partial charge is 0.484 e. The Morgan fingerprint density at radius 3 is 2.83 bits per heavy atom. The number of carbonyl (C=O) groups excluding carboxylic acids is 1. The van der Waals surface area contributed by atoms with Gasteiger partial charge in [-0.2, -0.15) is 5.10 Å². The molecule has 3 rings (SSSR count). The Bertz CT molecular complexity index is 955. The first-order chi connectivity index (χ1) is 14.2. The molecular formula is C24H30BrN3O2. The molecule has 0 spiro atoms. The minimum Gasteiger partial charge on any atom is -0.484 e. The van der Waals surface area contributed by atoms with Gasteiger partial charge in [0, 0.05) is 22.2 Å². The summed E-state index contributed by atoms with van der Waals surface area (Å²) in [5.74, 6) is 0.805. The molecule has 1 N–H and O–H groups in total. The van der Waals surface area contributed by atoms with Crippen molar-refractivity contribution in [3.63, 3.8) is 0 Å². The van der Waals surface area contributed by atoms with Crippen LogP contribution in [0.3, 0.4) is 0 Å². The van der Waals surface area contributed by atoms with Crippen LogP contribution in [-0.2, 0) is 4.79 Å². The molecule has 0 saturated carbocycles. The van der Waals surface area contributed by atoms with Crippen molar-refractivity contribution in [2.24, 2.45) is 5.10 Å². The average molecular weight is 472 g/mol. The number of hydrazone groups is 1. The summed E-state index contributed by atoms with van der Waals surface area (Å²) < 4.78 is 6.39. The van der Waals surface area contributed by atoms with E-state index in [1.807, 2.05) is 18.2 Å². The first-order valence-corrected chi connectivity index (χ1v) is 11.1. The van der Waals surface area contributed by atoms with Crippen molar-refractivity contribution in [2.45, 2.75) is 52.5 Å². The molecule has 1 aliphatic heterocycles. The number of aryl methyl sites for hydroxylation is 1. The van der Waals surface area contributed by atoms with Crippen LogP contribution in [0.5, 0.6) is 5.75 Å². The van der Waals surface area contributed by atoms with Crippen molar-refractivity contribution in [1.82, 2.24) is 5.43 Å². The van der Waals surface area contributed by atoms with Crippen molar-refractivity contribution >= 4 is 33.7 Å². The van der Waals surface area contributed by atoms with Crippen LogP contribution in [0.1, 0.15) is 56.7 Å². The highest BCUT2D eigenvalue weighted by molar-refractivity contribution is 9.10. The fourth-order valence-corrected chi connectivity index (χ4v) is 4.68.